The lowest BCUT2D eigenvalue weighted by Crippen LogP contribution is -2.26. The minimum Gasteiger partial charge on any atom is -0.493 e. The molecule has 0 unspecified atom stereocenters. The van der Waals surface area contributed by atoms with Crippen LogP contribution in [0.1, 0.15) is 29.0 Å². The van der Waals surface area contributed by atoms with Crippen molar-refractivity contribution in [3.05, 3.63) is 65.2 Å². The lowest BCUT2D eigenvalue weighted by Gasteiger charge is -2.36. The first-order valence-electron chi connectivity index (χ1n) is 8.09. The number of hydrogen-bond donors (Lipinski definition) is 0. The summed E-state index contributed by atoms with van der Waals surface area (Å²) in [5, 5.41) is 0. The molecule has 0 spiro atoms. The van der Waals surface area contributed by atoms with Gasteiger partial charge in [0.25, 0.3) is 0 Å². The first kappa shape index (κ1) is 17.4. The molecule has 126 valence electrons. The fourth-order valence-electron chi connectivity index (χ4n) is 3.25. The molecule has 0 saturated heterocycles. The van der Waals surface area contributed by atoms with E-state index in [0.29, 0.717) is 0 Å². The third kappa shape index (κ3) is 3.35. The molecule has 0 radical (unpaired) electrons. The molecule has 2 nitrogen and oxygen atoms in total. The van der Waals surface area contributed by atoms with E-state index in [4.69, 9.17) is 4.74 Å². The highest BCUT2D eigenvalue weighted by molar-refractivity contribution is 8.16. The minimum atomic E-state index is -0.124. The van der Waals surface area contributed by atoms with E-state index in [9.17, 15) is 4.79 Å². The molecule has 1 atom stereocenters. The van der Waals surface area contributed by atoms with E-state index in [1.165, 1.54) is 11.1 Å². The molecule has 0 saturated carbocycles. The van der Waals surface area contributed by atoms with Crippen LogP contribution in [0.25, 0.3) is 0 Å². The Morgan fingerprint density at radius 2 is 1.92 bits per heavy atom. The zero-order valence-electron chi connectivity index (χ0n) is 14.0. The highest BCUT2D eigenvalue weighted by Gasteiger charge is 2.37. The Morgan fingerprint density at radius 3 is 2.58 bits per heavy atom. The average Bonchev–Trinajstić information content (AvgIpc) is 2.66. The van der Waals surface area contributed by atoms with Gasteiger partial charge in [0.2, 0.25) is 0 Å². The zero-order valence-corrected chi connectivity index (χ0v) is 15.7. The van der Waals surface area contributed by atoms with Crippen LogP contribution in [0.2, 0.25) is 0 Å². The van der Waals surface area contributed by atoms with E-state index in [-0.39, 0.29) is 10.00 Å². The third-order valence-corrected chi connectivity index (χ3v) is 7.82. The summed E-state index contributed by atoms with van der Waals surface area (Å²) in [6, 6.07) is 16.4. The molecular weight excluding hydrogens is 336 g/mol. The van der Waals surface area contributed by atoms with Gasteiger partial charge in [-0.25, -0.2) is 0 Å². The summed E-state index contributed by atoms with van der Waals surface area (Å²) in [7, 11) is 0. The first-order chi connectivity index (χ1) is 11.7. The molecule has 0 aromatic heterocycles. The number of benzene rings is 2. The van der Waals surface area contributed by atoms with Crippen molar-refractivity contribution in [1.29, 1.82) is 0 Å². The summed E-state index contributed by atoms with van der Waals surface area (Å²) in [6.45, 7) is 0.745. The lowest BCUT2D eigenvalue weighted by molar-refractivity contribution is -0.109. The lowest BCUT2D eigenvalue weighted by atomic mass is 9.90. The highest BCUT2D eigenvalue weighted by Crippen LogP contribution is 2.52. The number of ether oxygens (including phenoxy) is 1. The predicted molar refractivity (Wildman–Crippen MR) is 104 cm³/mol. The molecular formula is C20H22O2S2. The van der Waals surface area contributed by atoms with Crippen molar-refractivity contribution in [2.75, 3.05) is 19.1 Å². The smallest absolute Gasteiger partial charge is 0.127 e. The van der Waals surface area contributed by atoms with Gasteiger partial charge in [0, 0.05) is 17.9 Å². The van der Waals surface area contributed by atoms with Gasteiger partial charge in [0.05, 0.1) is 10.7 Å². The first-order valence-corrected chi connectivity index (χ1v) is 10.5. The Labute approximate surface area is 152 Å². The van der Waals surface area contributed by atoms with E-state index in [1.54, 1.807) is 0 Å². The topological polar surface area (TPSA) is 26.3 Å². The zero-order chi connectivity index (χ0) is 17.0. The van der Waals surface area contributed by atoms with Crippen molar-refractivity contribution in [3.63, 3.8) is 0 Å². The van der Waals surface area contributed by atoms with Crippen LogP contribution >= 0.6 is 23.5 Å². The number of fused-ring (bicyclic) bond motifs is 1. The molecule has 0 bridgehead atoms. The van der Waals surface area contributed by atoms with Gasteiger partial charge in [-0.15, -0.1) is 23.5 Å². The number of carbonyl (C=O) groups is 1. The molecule has 1 aliphatic heterocycles. The molecule has 0 fully saturated rings. The van der Waals surface area contributed by atoms with E-state index < -0.39 is 0 Å². The molecule has 0 N–H and O–H groups in total. The van der Waals surface area contributed by atoms with Crippen molar-refractivity contribution in [3.8, 4) is 5.75 Å². The summed E-state index contributed by atoms with van der Waals surface area (Å²) in [4.78, 5) is 11.7. The van der Waals surface area contributed by atoms with Crippen LogP contribution in [-0.2, 0) is 15.3 Å². The normalized spacial score (nSPS) is 16.8. The Kier molecular flexibility index (Phi) is 5.57. The molecule has 1 aliphatic rings. The van der Waals surface area contributed by atoms with Crippen molar-refractivity contribution in [2.24, 2.45) is 0 Å². The number of thioether (sulfide) groups is 2. The van der Waals surface area contributed by atoms with Crippen LogP contribution in [0.3, 0.4) is 0 Å². The largest absolute Gasteiger partial charge is 0.493 e. The maximum absolute atomic E-state index is 11.7. The Bertz CT molecular complexity index is 696. The van der Waals surface area contributed by atoms with Crippen LogP contribution in [-0.4, -0.2) is 25.4 Å². The quantitative estimate of drug-likeness (QED) is 0.543. The standard InChI is InChI=1S/C20H22O2S2/c1-23-20(24-2)10-11-22-19-9-8-16(13-18(19)20)17(14-21)12-15-6-4-3-5-7-15/h3-9,13-14,17H,10-12H2,1-2H3/t17-/m1/s1. The van der Waals surface area contributed by atoms with Crippen LogP contribution < -0.4 is 4.74 Å². The van der Waals surface area contributed by atoms with Gasteiger partial charge in [-0.05, 0) is 42.2 Å². The average molecular weight is 359 g/mol. The molecule has 0 aliphatic carbocycles. The molecule has 0 amide bonds. The highest BCUT2D eigenvalue weighted by atomic mass is 32.2. The van der Waals surface area contributed by atoms with Crippen LogP contribution in [0.15, 0.2) is 48.5 Å². The second-order valence-corrected chi connectivity index (χ2v) is 8.42. The van der Waals surface area contributed by atoms with Gasteiger partial charge >= 0.3 is 0 Å². The maximum atomic E-state index is 11.7. The van der Waals surface area contributed by atoms with Crippen LogP contribution in [0, 0.1) is 0 Å². The van der Waals surface area contributed by atoms with Gasteiger partial charge in [-0.1, -0.05) is 36.4 Å². The molecule has 3 rings (SSSR count). The van der Waals surface area contributed by atoms with E-state index in [2.05, 4.69) is 30.7 Å². The van der Waals surface area contributed by atoms with Crippen LogP contribution in [0.4, 0.5) is 0 Å². The number of hydrogen-bond acceptors (Lipinski definition) is 4. The fraction of sp³-hybridized carbons (Fsp3) is 0.350. The number of carbonyl (C=O) groups excluding carboxylic acids is 1. The maximum Gasteiger partial charge on any atom is 0.127 e. The molecule has 1 heterocycles. The molecule has 2 aromatic rings. The van der Waals surface area contributed by atoms with E-state index in [1.807, 2.05) is 53.9 Å². The van der Waals surface area contributed by atoms with Crippen molar-refractivity contribution in [1.82, 2.24) is 0 Å². The fourth-order valence-corrected chi connectivity index (χ4v) is 5.25. The second-order valence-electron chi connectivity index (χ2n) is 5.95. The predicted octanol–water partition coefficient (Wildman–Crippen LogP) is 4.87. The number of rotatable bonds is 6. The van der Waals surface area contributed by atoms with Crippen LogP contribution in [0.5, 0.6) is 5.75 Å². The molecule has 24 heavy (non-hydrogen) atoms. The number of aldehydes is 1. The Balaban J connectivity index is 1.95. The van der Waals surface area contributed by atoms with E-state index in [0.717, 1.165) is 37.0 Å². The summed E-state index contributed by atoms with van der Waals surface area (Å²) in [5.74, 6) is 0.832. The SMILES string of the molecule is CSC1(SC)CCOc2ccc([C@@H](C=O)Cc3ccccc3)cc21. The third-order valence-electron chi connectivity index (χ3n) is 4.65. The summed E-state index contributed by atoms with van der Waals surface area (Å²) < 4.78 is 5.87. The van der Waals surface area contributed by atoms with Gasteiger partial charge in [0.1, 0.15) is 12.0 Å². The van der Waals surface area contributed by atoms with Gasteiger partial charge in [-0.2, -0.15) is 0 Å². The van der Waals surface area contributed by atoms with Gasteiger partial charge < -0.3 is 9.53 Å². The Hall–Kier alpha value is -1.39. The second kappa shape index (κ2) is 7.66. The van der Waals surface area contributed by atoms with Gasteiger partial charge in [-0.3, -0.25) is 0 Å². The summed E-state index contributed by atoms with van der Waals surface area (Å²) in [6.07, 6.45) is 7.09. The monoisotopic (exact) mass is 358 g/mol. The summed E-state index contributed by atoms with van der Waals surface area (Å²) >= 11 is 3.73. The van der Waals surface area contributed by atoms with Crippen molar-refractivity contribution < 1.29 is 9.53 Å². The summed E-state index contributed by atoms with van der Waals surface area (Å²) in [5.41, 5.74) is 3.47. The Morgan fingerprint density at radius 1 is 1.17 bits per heavy atom. The van der Waals surface area contributed by atoms with Crippen molar-refractivity contribution in [2.45, 2.75) is 22.8 Å². The molecule has 4 heteroatoms. The van der Waals surface area contributed by atoms with Gasteiger partial charge in [0.15, 0.2) is 0 Å². The molecule has 2 aromatic carbocycles. The minimum absolute atomic E-state index is 0.0176. The van der Waals surface area contributed by atoms with Crippen molar-refractivity contribution >= 4 is 29.8 Å². The van der Waals surface area contributed by atoms with E-state index >= 15 is 0 Å².